The van der Waals surface area contributed by atoms with Crippen LogP contribution in [0.5, 0.6) is 0 Å². The van der Waals surface area contributed by atoms with Gasteiger partial charge in [-0.25, -0.2) is 5.43 Å². The monoisotopic (exact) mass is 234 g/mol. The third-order valence-corrected chi connectivity index (χ3v) is 2.73. The fraction of sp³-hybridized carbons (Fsp3) is 0.0909. The van der Waals surface area contributed by atoms with Gasteiger partial charge in [-0.1, -0.05) is 0 Å². The molecular formula is C11H10N2O2S. The molecule has 0 atom stereocenters. The van der Waals surface area contributed by atoms with E-state index in [1.807, 2.05) is 16.8 Å². The molecule has 2 aromatic heterocycles. The molecule has 0 spiro atoms. The van der Waals surface area contributed by atoms with Gasteiger partial charge < -0.3 is 4.42 Å². The molecule has 0 aliphatic heterocycles. The standard InChI is InChI=1S/C11H10N2O2S/c1-8-10(2-4-15-8)11(14)13-12-6-9-3-5-16-7-9/h2-7H,1H3,(H,13,14)/b12-6-. The Bertz CT molecular complexity index is 500. The average Bonchev–Trinajstić information content (AvgIpc) is 2.88. The lowest BCUT2D eigenvalue weighted by atomic mass is 10.2. The predicted molar refractivity (Wildman–Crippen MR) is 62.8 cm³/mol. The van der Waals surface area contributed by atoms with E-state index in [9.17, 15) is 4.79 Å². The number of hydrogen-bond acceptors (Lipinski definition) is 4. The zero-order valence-electron chi connectivity index (χ0n) is 8.64. The molecule has 0 saturated heterocycles. The van der Waals surface area contributed by atoms with Crippen molar-refractivity contribution in [3.63, 3.8) is 0 Å². The molecule has 0 saturated carbocycles. The van der Waals surface area contributed by atoms with Gasteiger partial charge in [0.05, 0.1) is 18.0 Å². The van der Waals surface area contributed by atoms with E-state index in [0.29, 0.717) is 11.3 Å². The van der Waals surface area contributed by atoms with Crippen LogP contribution in [0.4, 0.5) is 0 Å². The molecule has 16 heavy (non-hydrogen) atoms. The van der Waals surface area contributed by atoms with Gasteiger partial charge in [-0.05, 0) is 29.8 Å². The third-order valence-electron chi connectivity index (χ3n) is 2.03. The molecule has 0 aliphatic carbocycles. The minimum atomic E-state index is -0.266. The van der Waals surface area contributed by atoms with Gasteiger partial charge in [0.25, 0.3) is 5.91 Å². The molecule has 0 radical (unpaired) electrons. The number of nitrogens with one attached hydrogen (secondary N) is 1. The van der Waals surface area contributed by atoms with E-state index >= 15 is 0 Å². The van der Waals surface area contributed by atoms with Crippen molar-refractivity contribution < 1.29 is 9.21 Å². The molecule has 0 aliphatic rings. The van der Waals surface area contributed by atoms with Crippen LogP contribution in [0, 0.1) is 6.92 Å². The SMILES string of the molecule is Cc1occc1C(=O)N/N=C\c1ccsc1. The van der Waals surface area contributed by atoms with Gasteiger partial charge in [0.1, 0.15) is 5.76 Å². The summed E-state index contributed by atoms with van der Waals surface area (Å²) in [4.78, 5) is 11.6. The van der Waals surface area contributed by atoms with E-state index in [1.54, 1.807) is 30.5 Å². The summed E-state index contributed by atoms with van der Waals surface area (Å²) in [6.07, 6.45) is 3.08. The molecule has 2 rings (SSSR count). The number of aryl methyl sites for hydroxylation is 1. The molecule has 4 nitrogen and oxygen atoms in total. The van der Waals surface area contributed by atoms with Crippen LogP contribution in [0.25, 0.3) is 0 Å². The molecule has 1 amide bonds. The highest BCUT2D eigenvalue weighted by molar-refractivity contribution is 7.08. The topological polar surface area (TPSA) is 54.6 Å². The lowest BCUT2D eigenvalue weighted by molar-refractivity contribution is 0.0953. The first-order chi connectivity index (χ1) is 7.77. The molecule has 1 N–H and O–H groups in total. The number of furan rings is 1. The predicted octanol–water partition coefficient (Wildman–Crippen LogP) is 2.41. The Hall–Kier alpha value is -1.88. The first kappa shape index (κ1) is 10.6. The van der Waals surface area contributed by atoms with E-state index in [2.05, 4.69) is 10.5 Å². The summed E-state index contributed by atoms with van der Waals surface area (Å²) in [5, 5.41) is 7.74. The van der Waals surface area contributed by atoms with Crippen LogP contribution < -0.4 is 5.43 Å². The normalized spacial score (nSPS) is 10.8. The van der Waals surface area contributed by atoms with E-state index in [1.165, 1.54) is 6.26 Å². The van der Waals surface area contributed by atoms with Gasteiger partial charge in [0, 0.05) is 5.56 Å². The van der Waals surface area contributed by atoms with Crippen molar-refractivity contribution in [2.24, 2.45) is 5.10 Å². The maximum absolute atomic E-state index is 11.6. The van der Waals surface area contributed by atoms with Crippen molar-refractivity contribution in [3.05, 3.63) is 46.0 Å². The Morgan fingerprint density at radius 2 is 2.44 bits per heavy atom. The Labute approximate surface area is 96.6 Å². The Morgan fingerprint density at radius 3 is 3.06 bits per heavy atom. The number of hydrogen-bond donors (Lipinski definition) is 1. The number of carbonyl (C=O) groups is 1. The minimum absolute atomic E-state index is 0.266. The summed E-state index contributed by atoms with van der Waals surface area (Å²) in [6.45, 7) is 1.73. The first-order valence-corrected chi connectivity index (χ1v) is 5.61. The van der Waals surface area contributed by atoms with Crippen molar-refractivity contribution in [1.82, 2.24) is 5.43 Å². The molecule has 0 bridgehead atoms. The Balaban J connectivity index is 1.97. The number of nitrogens with zero attached hydrogens (tertiary/aromatic N) is 1. The van der Waals surface area contributed by atoms with Crippen LogP contribution >= 0.6 is 11.3 Å². The highest BCUT2D eigenvalue weighted by Crippen LogP contribution is 2.08. The second kappa shape index (κ2) is 4.76. The van der Waals surface area contributed by atoms with Gasteiger partial charge >= 0.3 is 0 Å². The lowest BCUT2D eigenvalue weighted by Crippen LogP contribution is -2.17. The zero-order valence-corrected chi connectivity index (χ0v) is 9.45. The van der Waals surface area contributed by atoms with E-state index in [0.717, 1.165) is 5.56 Å². The lowest BCUT2D eigenvalue weighted by Gasteiger charge is -1.96. The van der Waals surface area contributed by atoms with Crippen LogP contribution in [0.2, 0.25) is 0 Å². The van der Waals surface area contributed by atoms with Crippen molar-refractivity contribution in [2.45, 2.75) is 6.92 Å². The highest BCUT2D eigenvalue weighted by atomic mass is 32.1. The van der Waals surface area contributed by atoms with E-state index in [-0.39, 0.29) is 5.91 Å². The van der Waals surface area contributed by atoms with Crippen LogP contribution in [0.15, 0.2) is 38.7 Å². The number of amides is 1. The molecule has 5 heteroatoms. The summed E-state index contributed by atoms with van der Waals surface area (Å²) in [5.41, 5.74) is 3.91. The molecule has 2 heterocycles. The molecule has 82 valence electrons. The minimum Gasteiger partial charge on any atom is -0.469 e. The van der Waals surface area contributed by atoms with Crippen LogP contribution in [0.3, 0.4) is 0 Å². The zero-order chi connectivity index (χ0) is 11.4. The van der Waals surface area contributed by atoms with Gasteiger partial charge in [-0.15, -0.1) is 0 Å². The largest absolute Gasteiger partial charge is 0.469 e. The molecule has 2 aromatic rings. The second-order valence-corrected chi connectivity index (χ2v) is 3.93. The number of carbonyl (C=O) groups excluding carboxylic acids is 1. The van der Waals surface area contributed by atoms with E-state index < -0.39 is 0 Å². The van der Waals surface area contributed by atoms with Crippen molar-refractivity contribution in [2.75, 3.05) is 0 Å². The summed E-state index contributed by atoms with van der Waals surface area (Å²) in [6, 6.07) is 3.54. The Morgan fingerprint density at radius 1 is 1.56 bits per heavy atom. The van der Waals surface area contributed by atoms with Gasteiger partial charge in [-0.3, -0.25) is 4.79 Å². The fourth-order valence-corrected chi connectivity index (χ4v) is 1.81. The van der Waals surface area contributed by atoms with Crippen LogP contribution in [-0.4, -0.2) is 12.1 Å². The summed E-state index contributed by atoms with van der Waals surface area (Å²) in [7, 11) is 0. The molecule has 0 unspecified atom stereocenters. The van der Waals surface area contributed by atoms with Crippen LogP contribution in [-0.2, 0) is 0 Å². The third kappa shape index (κ3) is 2.38. The molecule has 0 aromatic carbocycles. The fourth-order valence-electron chi connectivity index (χ4n) is 1.19. The number of hydrazone groups is 1. The maximum atomic E-state index is 11.6. The van der Waals surface area contributed by atoms with Crippen molar-refractivity contribution in [3.8, 4) is 0 Å². The van der Waals surface area contributed by atoms with Crippen molar-refractivity contribution in [1.29, 1.82) is 0 Å². The molecular weight excluding hydrogens is 224 g/mol. The summed E-state index contributed by atoms with van der Waals surface area (Å²) < 4.78 is 5.03. The summed E-state index contributed by atoms with van der Waals surface area (Å²) in [5.74, 6) is 0.320. The van der Waals surface area contributed by atoms with Gasteiger partial charge in [0.15, 0.2) is 0 Å². The first-order valence-electron chi connectivity index (χ1n) is 4.67. The average molecular weight is 234 g/mol. The maximum Gasteiger partial charge on any atom is 0.274 e. The smallest absolute Gasteiger partial charge is 0.274 e. The molecule has 0 fully saturated rings. The summed E-state index contributed by atoms with van der Waals surface area (Å²) >= 11 is 1.58. The van der Waals surface area contributed by atoms with E-state index in [4.69, 9.17) is 4.42 Å². The second-order valence-electron chi connectivity index (χ2n) is 3.15. The highest BCUT2D eigenvalue weighted by Gasteiger charge is 2.09. The quantitative estimate of drug-likeness (QED) is 0.655. The number of rotatable bonds is 3. The Kier molecular flexibility index (Phi) is 3.16. The van der Waals surface area contributed by atoms with Gasteiger partial charge in [-0.2, -0.15) is 16.4 Å². The van der Waals surface area contributed by atoms with Crippen molar-refractivity contribution >= 4 is 23.5 Å². The number of thiophene rings is 1. The van der Waals surface area contributed by atoms with Crippen LogP contribution in [0.1, 0.15) is 21.7 Å². The van der Waals surface area contributed by atoms with Gasteiger partial charge in [0.2, 0.25) is 0 Å².